The van der Waals surface area contributed by atoms with Gasteiger partial charge in [0, 0.05) is 6.20 Å². The van der Waals surface area contributed by atoms with Gasteiger partial charge in [0.05, 0.1) is 22.3 Å². The van der Waals surface area contributed by atoms with Gasteiger partial charge in [-0.05, 0) is 78.6 Å². The van der Waals surface area contributed by atoms with Gasteiger partial charge >= 0.3 is 5.97 Å². The van der Waals surface area contributed by atoms with Crippen molar-refractivity contribution < 1.29 is 14.6 Å². The Balaban J connectivity index is 1.65. The predicted molar refractivity (Wildman–Crippen MR) is 124 cm³/mol. The van der Waals surface area contributed by atoms with Gasteiger partial charge in [-0.3, -0.25) is 9.78 Å². The second-order valence-electron chi connectivity index (χ2n) is 7.32. The third-order valence-electron chi connectivity index (χ3n) is 4.82. The number of rotatable bonds is 7. The number of thiazole rings is 1. The van der Waals surface area contributed by atoms with Crippen LogP contribution < -0.4 is 4.74 Å². The number of hydrogen-bond acceptors (Lipinski definition) is 5. The van der Waals surface area contributed by atoms with Crippen LogP contribution in [0.2, 0.25) is 0 Å². The fourth-order valence-electron chi connectivity index (χ4n) is 3.49. The summed E-state index contributed by atoms with van der Waals surface area (Å²) in [7, 11) is 0. The number of hydrogen-bond donors (Lipinski definition) is 1. The molecule has 0 aliphatic heterocycles. The first-order valence-electron chi connectivity index (χ1n) is 9.92. The van der Waals surface area contributed by atoms with Crippen molar-refractivity contribution >= 4 is 39.2 Å². The topological polar surface area (TPSA) is 72.3 Å². The molecule has 156 valence electrons. The summed E-state index contributed by atoms with van der Waals surface area (Å²) in [5.41, 5.74) is 5.34. The van der Waals surface area contributed by atoms with E-state index in [1.165, 1.54) is 11.3 Å². The van der Waals surface area contributed by atoms with Crippen molar-refractivity contribution in [2.45, 2.75) is 26.9 Å². The van der Waals surface area contributed by atoms with Crippen molar-refractivity contribution in [1.29, 1.82) is 0 Å². The highest BCUT2D eigenvalue weighted by atomic mass is 32.1. The SMILES string of the molecule is Cc1cc(C=C(CC(=O)O)c2nc3ccccc3s2)cc(C)c1OCc1ccccn1. The van der Waals surface area contributed by atoms with Gasteiger partial charge in [-0.25, -0.2) is 4.98 Å². The maximum atomic E-state index is 11.5. The molecule has 0 bridgehead atoms. The van der Waals surface area contributed by atoms with Crippen LogP contribution in [0.25, 0.3) is 21.9 Å². The van der Waals surface area contributed by atoms with Crippen LogP contribution in [0.5, 0.6) is 5.75 Å². The third kappa shape index (κ3) is 4.98. The van der Waals surface area contributed by atoms with Crippen LogP contribution in [0.15, 0.2) is 60.8 Å². The molecule has 0 fully saturated rings. The van der Waals surface area contributed by atoms with Crippen LogP contribution >= 0.6 is 11.3 Å². The molecular formula is C25H22N2O3S. The molecule has 0 unspecified atom stereocenters. The molecule has 2 aromatic carbocycles. The number of ether oxygens (including phenoxy) is 1. The lowest BCUT2D eigenvalue weighted by Crippen LogP contribution is -2.01. The van der Waals surface area contributed by atoms with Crippen molar-refractivity contribution in [2.75, 3.05) is 0 Å². The van der Waals surface area contributed by atoms with Crippen LogP contribution in [0.3, 0.4) is 0 Å². The van der Waals surface area contributed by atoms with E-state index in [1.807, 2.05) is 74.5 Å². The molecule has 0 atom stereocenters. The summed E-state index contributed by atoms with van der Waals surface area (Å²) < 4.78 is 7.06. The summed E-state index contributed by atoms with van der Waals surface area (Å²) >= 11 is 1.51. The van der Waals surface area contributed by atoms with Crippen LogP contribution in [-0.2, 0) is 11.4 Å². The van der Waals surface area contributed by atoms with Crippen LogP contribution in [0, 0.1) is 13.8 Å². The van der Waals surface area contributed by atoms with E-state index in [1.54, 1.807) is 6.20 Å². The number of carbonyl (C=O) groups is 1. The van der Waals surface area contributed by atoms with Crippen LogP contribution in [-0.4, -0.2) is 21.0 Å². The Hall–Kier alpha value is -3.51. The first kappa shape index (κ1) is 20.8. The van der Waals surface area contributed by atoms with Crippen LogP contribution in [0.1, 0.15) is 33.8 Å². The Kier molecular flexibility index (Phi) is 6.09. The second-order valence-corrected chi connectivity index (χ2v) is 8.35. The number of fused-ring (bicyclic) bond motifs is 1. The molecule has 4 rings (SSSR count). The summed E-state index contributed by atoms with van der Waals surface area (Å²) in [4.78, 5) is 20.4. The summed E-state index contributed by atoms with van der Waals surface area (Å²) in [5.74, 6) is -0.0585. The minimum Gasteiger partial charge on any atom is -0.487 e. The smallest absolute Gasteiger partial charge is 0.307 e. The number of para-hydroxylation sites is 1. The van der Waals surface area contributed by atoms with E-state index in [4.69, 9.17) is 4.74 Å². The van der Waals surface area contributed by atoms with Gasteiger partial charge < -0.3 is 9.84 Å². The zero-order valence-corrected chi connectivity index (χ0v) is 18.1. The zero-order valence-electron chi connectivity index (χ0n) is 17.3. The summed E-state index contributed by atoms with van der Waals surface area (Å²) in [6.07, 6.45) is 3.57. The average Bonchev–Trinajstić information content (AvgIpc) is 3.17. The maximum Gasteiger partial charge on any atom is 0.307 e. The number of pyridine rings is 1. The molecular weight excluding hydrogens is 408 g/mol. The van der Waals surface area contributed by atoms with E-state index in [2.05, 4.69) is 9.97 Å². The molecule has 0 saturated carbocycles. The van der Waals surface area contributed by atoms with E-state index in [0.29, 0.717) is 12.2 Å². The highest BCUT2D eigenvalue weighted by Crippen LogP contribution is 2.32. The average molecular weight is 431 g/mol. The molecule has 2 aromatic heterocycles. The van der Waals surface area contributed by atoms with E-state index < -0.39 is 5.97 Å². The largest absolute Gasteiger partial charge is 0.487 e. The van der Waals surface area contributed by atoms with Crippen LogP contribution in [0.4, 0.5) is 0 Å². The number of aliphatic carboxylic acids is 1. The van der Waals surface area contributed by atoms with Gasteiger partial charge in [-0.1, -0.05) is 18.2 Å². The second kappa shape index (κ2) is 9.10. The normalized spacial score (nSPS) is 11.6. The van der Waals surface area contributed by atoms with Gasteiger partial charge in [0.15, 0.2) is 0 Å². The quantitative estimate of drug-likeness (QED) is 0.395. The van der Waals surface area contributed by atoms with E-state index >= 15 is 0 Å². The number of nitrogens with zero attached hydrogens (tertiary/aromatic N) is 2. The Labute approximate surface area is 184 Å². The first-order chi connectivity index (χ1) is 15.0. The van der Waals surface area contributed by atoms with Gasteiger partial charge in [0.2, 0.25) is 0 Å². The van der Waals surface area contributed by atoms with Crippen molar-refractivity contribution in [2.24, 2.45) is 0 Å². The standard InChI is InChI=1S/C25H22N2O3S/c1-16-11-18(12-17(2)24(16)30-15-20-7-5-6-10-26-20)13-19(14-23(28)29)25-27-21-8-3-4-9-22(21)31-25/h3-13H,14-15H2,1-2H3,(H,28,29). The summed E-state index contributed by atoms with van der Waals surface area (Å²) in [5, 5.41) is 10.2. The monoisotopic (exact) mass is 430 g/mol. The maximum absolute atomic E-state index is 11.5. The number of benzene rings is 2. The van der Waals surface area contributed by atoms with Gasteiger partial charge in [0.25, 0.3) is 0 Å². The lowest BCUT2D eigenvalue weighted by Gasteiger charge is -2.13. The van der Waals surface area contributed by atoms with Gasteiger partial charge in [0.1, 0.15) is 17.4 Å². The first-order valence-corrected chi connectivity index (χ1v) is 10.7. The summed E-state index contributed by atoms with van der Waals surface area (Å²) in [6, 6.07) is 17.6. The Morgan fingerprint density at radius 2 is 1.84 bits per heavy atom. The Morgan fingerprint density at radius 3 is 2.52 bits per heavy atom. The van der Waals surface area contributed by atoms with E-state index in [-0.39, 0.29) is 6.42 Å². The van der Waals surface area contributed by atoms with Crippen molar-refractivity contribution in [1.82, 2.24) is 9.97 Å². The van der Waals surface area contributed by atoms with Crippen molar-refractivity contribution in [3.05, 3.63) is 88.2 Å². The Bertz CT molecular complexity index is 1210. The van der Waals surface area contributed by atoms with E-state index in [9.17, 15) is 9.90 Å². The highest BCUT2D eigenvalue weighted by molar-refractivity contribution is 7.19. The molecule has 2 heterocycles. The molecule has 0 spiro atoms. The lowest BCUT2D eigenvalue weighted by molar-refractivity contribution is -0.135. The van der Waals surface area contributed by atoms with E-state index in [0.717, 1.165) is 43.4 Å². The number of aromatic nitrogens is 2. The predicted octanol–water partition coefficient (Wildman–Crippen LogP) is 5.90. The Morgan fingerprint density at radius 1 is 1.10 bits per heavy atom. The molecule has 0 aliphatic rings. The third-order valence-corrected chi connectivity index (χ3v) is 5.94. The van der Waals surface area contributed by atoms with Crippen molar-refractivity contribution in [3.63, 3.8) is 0 Å². The molecule has 0 amide bonds. The summed E-state index contributed by atoms with van der Waals surface area (Å²) in [6.45, 7) is 4.38. The molecule has 0 radical (unpaired) electrons. The van der Waals surface area contributed by atoms with Crippen molar-refractivity contribution in [3.8, 4) is 5.75 Å². The molecule has 31 heavy (non-hydrogen) atoms. The zero-order chi connectivity index (χ0) is 21.8. The number of carboxylic acid groups (broad SMARTS) is 1. The molecule has 0 aliphatic carbocycles. The number of carboxylic acids is 1. The minimum absolute atomic E-state index is 0.0875. The molecule has 5 nitrogen and oxygen atoms in total. The van der Waals surface area contributed by atoms with Gasteiger partial charge in [-0.15, -0.1) is 11.3 Å². The number of aryl methyl sites for hydroxylation is 2. The molecule has 1 N–H and O–H groups in total. The van der Waals surface area contributed by atoms with Gasteiger partial charge in [-0.2, -0.15) is 0 Å². The fourth-order valence-corrected chi connectivity index (χ4v) is 4.47. The molecule has 4 aromatic rings. The molecule has 6 heteroatoms. The molecule has 0 saturated heterocycles. The highest BCUT2D eigenvalue weighted by Gasteiger charge is 2.14. The minimum atomic E-state index is -0.880. The fraction of sp³-hybridized carbons (Fsp3) is 0.160. The lowest BCUT2D eigenvalue weighted by atomic mass is 10.0.